The molecular weight excluding hydrogens is 408 g/mol. The lowest BCUT2D eigenvalue weighted by molar-refractivity contribution is -0.142. The number of benzene rings is 2. The second-order valence-corrected chi connectivity index (χ2v) is 7.35. The molecule has 1 N–H and O–H groups in total. The molecule has 0 spiro atoms. The second-order valence-electron chi connectivity index (χ2n) is 6.50. The van der Waals surface area contributed by atoms with E-state index in [1.165, 1.54) is 0 Å². The fourth-order valence-electron chi connectivity index (χ4n) is 2.73. The number of carbonyl (C=O) groups excluding carboxylic acids is 2. The maximum Gasteiger partial charge on any atom is 0.261 e. The van der Waals surface area contributed by atoms with E-state index in [2.05, 4.69) is 21.2 Å². The van der Waals surface area contributed by atoms with Crippen LogP contribution in [0.25, 0.3) is 0 Å². The van der Waals surface area contributed by atoms with Crippen molar-refractivity contribution in [3.8, 4) is 5.75 Å². The molecule has 0 aliphatic heterocycles. The lowest BCUT2D eigenvalue weighted by Crippen LogP contribution is -2.48. The Morgan fingerprint density at radius 2 is 1.93 bits per heavy atom. The van der Waals surface area contributed by atoms with E-state index in [4.69, 9.17) is 4.74 Å². The van der Waals surface area contributed by atoms with E-state index < -0.39 is 6.04 Å². The Morgan fingerprint density at radius 1 is 1.19 bits per heavy atom. The Labute approximate surface area is 168 Å². The summed E-state index contributed by atoms with van der Waals surface area (Å²) < 4.78 is 6.65. The monoisotopic (exact) mass is 432 g/mol. The smallest absolute Gasteiger partial charge is 0.261 e. The third-order valence-corrected chi connectivity index (χ3v) is 5.23. The summed E-state index contributed by atoms with van der Waals surface area (Å²) in [4.78, 5) is 26.5. The summed E-state index contributed by atoms with van der Waals surface area (Å²) in [6.07, 6.45) is 0. The number of ether oxygens (including phenoxy) is 1. The molecule has 144 valence electrons. The minimum atomic E-state index is -0.599. The van der Waals surface area contributed by atoms with Crippen LogP contribution in [0.2, 0.25) is 0 Å². The van der Waals surface area contributed by atoms with Gasteiger partial charge < -0.3 is 15.0 Å². The van der Waals surface area contributed by atoms with E-state index in [0.717, 1.165) is 21.2 Å². The van der Waals surface area contributed by atoms with Gasteiger partial charge in [0.25, 0.3) is 5.91 Å². The Bertz CT molecular complexity index is 823. The van der Waals surface area contributed by atoms with E-state index in [0.29, 0.717) is 12.3 Å². The second kappa shape index (κ2) is 9.55. The number of carbonyl (C=O) groups is 2. The Hall–Kier alpha value is -2.34. The summed E-state index contributed by atoms with van der Waals surface area (Å²) >= 11 is 3.44. The minimum absolute atomic E-state index is 0.131. The lowest BCUT2D eigenvalue weighted by atomic mass is 10.1. The summed E-state index contributed by atoms with van der Waals surface area (Å²) in [5.74, 6) is 0.163. The zero-order valence-electron chi connectivity index (χ0n) is 16.1. The lowest BCUT2D eigenvalue weighted by Gasteiger charge is -2.28. The molecule has 2 rings (SSSR count). The molecule has 27 heavy (non-hydrogen) atoms. The summed E-state index contributed by atoms with van der Waals surface area (Å²) in [7, 11) is 1.56. The Morgan fingerprint density at radius 3 is 2.56 bits per heavy atom. The van der Waals surface area contributed by atoms with Gasteiger partial charge in [0.2, 0.25) is 5.91 Å². The van der Waals surface area contributed by atoms with Crippen LogP contribution >= 0.6 is 15.9 Å². The van der Waals surface area contributed by atoms with Crippen LogP contribution in [0.1, 0.15) is 23.6 Å². The SMILES string of the molecule is CNC(=O)[C@@H](C)N(Cc1cccc(C)c1)C(=O)COc1ccc(Br)c(C)c1. The third-order valence-electron chi connectivity index (χ3n) is 4.34. The molecule has 0 aliphatic rings. The molecule has 0 fully saturated rings. The average Bonchev–Trinajstić information content (AvgIpc) is 2.65. The number of hydrogen-bond acceptors (Lipinski definition) is 3. The van der Waals surface area contributed by atoms with Crippen molar-refractivity contribution >= 4 is 27.7 Å². The van der Waals surface area contributed by atoms with Gasteiger partial charge in [-0.15, -0.1) is 0 Å². The number of halogens is 1. The normalized spacial score (nSPS) is 11.6. The van der Waals surface area contributed by atoms with Gasteiger partial charge in [-0.1, -0.05) is 45.8 Å². The number of hydrogen-bond donors (Lipinski definition) is 1. The Balaban J connectivity index is 2.14. The predicted octanol–water partition coefficient (Wildman–Crippen LogP) is 3.61. The molecule has 0 radical (unpaired) electrons. The largest absolute Gasteiger partial charge is 0.484 e. The molecule has 5 nitrogen and oxygen atoms in total. The molecule has 0 aliphatic carbocycles. The van der Waals surface area contributed by atoms with Gasteiger partial charge in [0.05, 0.1) is 0 Å². The van der Waals surface area contributed by atoms with Crippen molar-refractivity contribution in [1.29, 1.82) is 0 Å². The van der Waals surface area contributed by atoms with E-state index in [-0.39, 0.29) is 18.4 Å². The van der Waals surface area contributed by atoms with Crippen LogP contribution in [0.4, 0.5) is 0 Å². The topological polar surface area (TPSA) is 58.6 Å². The molecule has 2 aromatic carbocycles. The fraction of sp³-hybridized carbons (Fsp3) is 0.333. The van der Waals surface area contributed by atoms with Gasteiger partial charge in [-0.2, -0.15) is 0 Å². The van der Waals surface area contributed by atoms with Crippen molar-refractivity contribution in [3.05, 3.63) is 63.6 Å². The van der Waals surface area contributed by atoms with Crippen LogP contribution < -0.4 is 10.1 Å². The summed E-state index contributed by atoms with van der Waals surface area (Å²) in [6.45, 7) is 5.88. The summed E-state index contributed by atoms with van der Waals surface area (Å²) in [6, 6.07) is 12.8. The number of rotatable bonds is 7. The van der Waals surface area contributed by atoms with Gasteiger partial charge in [0.15, 0.2) is 6.61 Å². The van der Waals surface area contributed by atoms with Crippen LogP contribution in [0.5, 0.6) is 5.75 Å². The molecule has 0 bridgehead atoms. The highest BCUT2D eigenvalue weighted by atomic mass is 79.9. The molecule has 0 unspecified atom stereocenters. The maximum absolute atomic E-state index is 12.8. The number of likely N-dealkylation sites (N-methyl/N-ethyl adjacent to an activating group) is 1. The number of nitrogens with one attached hydrogen (secondary N) is 1. The van der Waals surface area contributed by atoms with Gasteiger partial charge >= 0.3 is 0 Å². The zero-order valence-corrected chi connectivity index (χ0v) is 17.7. The van der Waals surface area contributed by atoms with E-state index >= 15 is 0 Å². The first-order valence-electron chi connectivity index (χ1n) is 8.77. The van der Waals surface area contributed by atoms with Crippen molar-refractivity contribution in [2.75, 3.05) is 13.7 Å². The number of nitrogens with zero attached hydrogens (tertiary/aromatic N) is 1. The highest BCUT2D eigenvalue weighted by Gasteiger charge is 2.25. The van der Waals surface area contributed by atoms with Crippen molar-refractivity contribution in [3.63, 3.8) is 0 Å². The molecule has 0 aromatic heterocycles. The molecule has 2 aromatic rings. The van der Waals surface area contributed by atoms with Crippen molar-refractivity contribution < 1.29 is 14.3 Å². The molecule has 1 atom stereocenters. The van der Waals surface area contributed by atoms with E-state index in [1.54, 1.807) is 24.9 Å². The van der Waals surface area contributed by atoms with E-state index in [1.807, 2.05) is 50.2 Å². The molecule has 0 saturated carbocycles. The molecule has 0 saturated heterocycles. The molecule has 2 amide bonds. The first kappa shape index (κ1) is 21.0. The van der Waals surface area contributed by atoms with Crippen LogP contribution in [0.15, 0.2) is 46.9 Å². The van der Waals surface area contributed by atoms with E-state index in [9.17, 15) is 9.59 Å². The van der Waals surface area contributed by atoms with Crippen molar-refractivity contribution in [2.24, 2.45) is 0 Å². The third kappa shape index (κ3) is 5.82. The van der Waals surface area contributed by atoms with Gasteiger partial charge in [0.1, 0.15) is 11.8 Å². The first-order chi connectivity index (χ1) is 12.8. The Kier molecular flexibility index (Phi) is 7.42. The maximum atomic E-state index is 12.8. The number of aryl methyl sites for hydroxylation is 2. The first-order valence-corrected chi connectivity index (χ1v) is 9.56. The van der Waals surface area contributed by atoms with Gasteiger partial charge in [-0.3, -0.25) is 9.59 Å². The van der Waals surface area contributed by atoms with Crippen LogP contribution in [0, 0.1) is 13.8 Å². The molecule has 0 heterocycles. The highest BCUT2D eigenvalue weighted by molar-refractivity contribution is 9.10. The summed E-state index contributed by atoms with van der Waals surface area (Å²) in [5.41, 5.74) is 3.10. The summed E-state index contributed by atoms with van der Waals surface area (Å²) in [5, 5.41) is 2.61. The highest BCUT2D eigenvalue weighted by Crippen LogP contribution is 2.21. The predicted molar refractivity (Wildman–Crippen MR) is 110 cm³/mol. The van der Waals surface area contributed by atoms with Gasteiger partial charge in [-0.05, 0) is 50.1 Å². The average molecular weight is 433 g/mol. The number of amides is 2. The van der Waals surface area contributed by atoms with Crippen molar-refractivity contribution in [1.82, 2.24) is 10.2 Å². The van der Waals surface area contributed by atoms with Gasteiger partial charge in [-0.25, -0.2) is 0 Å². The van der Waals surface area contributed by atoms with Crippen LogP contribution in [-0.4, -0.2) is 36.4 Å². The molecule has 6 heteroatoms. The van der Waals surface area contributed by atoms with Crippen LogP contribution in [0.3, 0.4) is 0 Å². The van der Waals surface area contributed by atoms with Crippen molar-refractivity contribution in [2.45, 2.75) is 33.4 Å². The quantitative estimate of drug-likeness (QED) is 0.726. The van der Waals surface area contributed by atoms with Gasteiger partial charge in [0, 0.05) is 18.1 Å². The minimum Gasteiger partial charge on any atom is -0.484 e. The molecular formula is C21H25BrN2O3. The standard InChI is InChI=1S/C21H25BrN2O3/c1-14-6-5-7-17(10-14)12-24(16(3)21(26)23-4)20(25)13-27-18-8-9-19(22)15(2)11-18/h5-11,16H,12-13H2,1-4H3,(H,23,26)/t16-/m1/s1. The fourth-order valence-corrected chi connectivity index (χ4v) is 2.98. The van der Waals surface area contributed by atoms with Crippen LogP contribution in [-0.2, 0) is 16.1 Å². The zero-order chi connectivity index (χ0) is 20.0.